The number of carbonyl (C=O) groups excluding carboxylic acids is 2. The van der Waals surface area contributed by atoms with Crippen molar-refractivity contribution in [3.8, 4) is 0 Å². The van der Waals surface area contributed by atoms with Crippen molar-refractivity contribution in [1.82, 2.24) is 0 Å². The predicted octanol–water partition coefficient (Wildman–Crippen LogP) is 13.1. The van der Waals surface area contributed by atoms with Crippen LogP contribution in [-0.2, 0) is 28.6 Å². The summed E-state index contributed by atoms with van der Waals surface area (Å²) < 4.78 is 17.3. The predicted molar refractivity (Wildman–Crippen MR) is 247 cm³/mol. The molecule has 2 atom stereocenters. The number of carboxylic acid groups (broad SMARTS) is 1. The van der Waals surface area contributed by atoms with Crippen molar-refractivity contribution in [2.45, 2.75) is 193 Å². The number of aliphatic carboxylic acids is 1. The van der Waals surface area contributed by atoms with E-state index in [2.05, 4.69) is 26.0 Å². The monoisotopic (exact) mass is 827 g/mol. The van der Waals surface area contributed by atoms with Gasteiger partial charge in [0.2, 0.25) is 0 Å². The lowest BCUT2D eigenvalue weighted by Gasteiger charge is -2.31. The van der Waals surface area contributed by atoms with Crippen LogP contribution >= 0.6 is 0 Å². The fourth-order valence-corrected chi connectivity index (χ4v) is 6.65. The van der Waals surface area contributed by atoms with Crippen molar-refractivity contribution in [2.24, 2.45) is 0 Å². The molecule has 0 amide bonds. The molecule has 8 heteroatoms. The average Bonchev–Trinajstić information content (AvgIpc) is 3.19. The molecule has 0 bridgehead atoms. The molecule has 0 aliphatic carbocycles. The van der Waals surface area contributed by atoms with Gasteiger partial charge in [-0.05, 0) is 32.1 Å². The van der Waals surface area contributed by atoms with Crippen LogP contribution in [0.25, 0.3) is 0 Å². The second kappa shape index (κ2) is 41.5. The number of ether oxygens (including phenoxy) is 3. The highest BCUT2D eigenvalue weighted by molar-refractivity contribution is 5.72. The Morgan fingerprint density at radius 3 is 1.41 bits per heavy atom. The van der Waals surface area contributed by atoms with Gasteiger partial charge in [0.05, 0.1) is 34.4 Å². The largest absolute Gasteiger partial charge is 0.477 e. The van der Waals surface area contributed by atoms with Crippen molar-refractivity contribution in [3.63, 3.8) is 0 Å². The van der Waals surface area contributed by atoms with Gasteiger partial charge >= 0.3 is 17.9 Å². The van der Waals surface area contributed by atoms with Crippen LogP contribution in [0.4, 0.5) is 0 Å². The van der Waals surface area contributed by atoms with E-state index < -0.39 is 18.1 Å². The molecule has 0 aromatic heterocycles. The van der Waals surface area contributed by atoms with Gasteiger partial charge in [-0.3, -0.25) is 9.59 Å². The number of nitrogens with zero attached hydrogens (tertiary/aromatic N) is 1. The molecule has 1 N–H and O–H groups in total. The molecule has 0 saturated heterocycles. The molecule has 2 unspecified atom stereocenters. The van der Waals surface area contributed by atoms with E-state index in [0.29, 0.717) is 19.3 Å². The minimum absolute atomic E-state index is 0.0448. The number of quaternary nitrogens is 1. The number of hydrogen-bond donors (Lipinski definition) is 1. The summed E-state index contributed by atoms with van der Waals surface area (Å²) in [5, 5.41) is 9.63. The quantitative estimate of drug-likeness (QED) is 0.0284. The molecule has 0 aromatic carbocycles. The third-order valence-electron chi connectivity index (χ3n) is 10.3. The van der Waals surface area contributed by atoms with Crippen LogP contribution in [0.2, 0.25) is 0 Å². The Labute approximate surface area is 361 Å². The normalized spacial score (nSPS) is 13.6. The van der Waals surface area contributed by atoms with Crippen molar-refractivity contribution < 1.29 is 38.2 Å². The highest BCUT2D eigenvalue weighted by Crippen LogP contribution is 2.15. The molecule has 0 heterocycles. The van der Waals surface area contributed by atoms with Crippen molar-refractivity contribution >= 4 is 17.9 Å². The lowest BCUT2D eigenvalue weighted by molar-refractivity contribution is -0.887. The Morgan fingerprint density at radius 1 is 0.525 bits per heavy atom. The fraction of sp³-hybridized carbons (Fsp3) is 0.706. The molecule has 0 rings (SSSR count). The molecule has 59 heavy (non-hydrogen) atoms. The van der Waals surface area contributed by atoms with Crippen LogP contribution < -0.4 is 0 Å². The second-order valence-electron chi connectivity index (χ2n) is 16.8. The highest BCUT2D eigenvalue weighted by Gasteiger charge is 2.31. The Bertz CT molecular complexity index is 1190. The molecule has 0 radical (unpaired) electrons. The Hall–Kier alpha value is -3.23. The smallest absolute Gasteiger partial charge is 0.362 e. The summed E-state index contributed by atoms with van der Waals surface area (Å²) in [5.74, 6) is -1.52. The van der Waals surface area contributed by atoms with Crippen LogP contribution in [0.15, 0.2) is 72.9 Å². The van der Waals surface area contributed by atoms with E-state index in [1.807, 2.05) is 81.9 Å². The number of rotatable bonds is 41. The van der Waals surface area contributed by atoms with Gasteiger partial charge in [0.1, 0.15) is 6.61 Å². The number of hydrogen-bond acceptors (Lipinski definition) is 6. The summed E-state index contributed by atoms with van der Waals surface area (Å²) in [5.41, 5.74) is 0. The number of carbonyl (C=O) groups is 3. The standard InChI is InChI=1S/C51H87NO7/c1-6-8-10-12-14-16-18-20-22-24-26-28-30-32-34-36-38-40-42-50(54)59-47(45-57-44-43-48(51(55)56)52(3,4)5)46-58-49(53)41-39-37-35-33-31-29-27-25-23-21-19-17-15-13-11-9-7-2/h9,11,13,15,17,19,21,23,25,27,29,31,47-48H,6-8,10,12,14,16,18,20,22,24,26,28,30,32-46H2,1-5H3/p+1/b11-9+,15-13+,19-17+,23-21+,27-25+,31-29+. The number of carboxylic acids is 1. The number of likely N-dealkylation sites (N-methyl/N-ethyl adjacent to an activating group) is 1. The molecule has 0 aromatic rings. The number of esters is 2. The van der Waals surface area contributed by atoms with E-state index in [1.54, 1.807) is 0 Å². The summed E-state index contributed by atoms with van der Waals surface area (Å²) in [6.07, 6.45) is 52.3. The fourth-order valence-electron chi connectivity index (χ4n) is 6.65. The zero-order valence-electron chi connectivity index (χ0n) is 38.4. The molecule has 338 valence electrons. The zero-order chi connectivity index (χ0) is 43.5. The number of unbranched alkanes of at least 4 members (excludes halogenated alkanes) is 20. The number of allylic oxidation sites excluding steroid dienone is 12. The third kappa shape index (κ3) is 40.0. The van der Waals surface area contributed by atoms with Crippen LogP contribution in [0.3, 0.4) is 0 Å². The van der Waals surface area contributed by atoms with Crippen molar-refractivity contribution in [2.75, 3.05) is 41.0 Å². The zero-order valence-corrected chi connectivity index (χ0v) is 38.4. The van der Waals surface area contributed by atoms with Crippen LogP contribution in [0.1, 0.15) is 181 Å². The van der Waals surface area contributed by atoms with E-state index in [9.17, 15) is 19.5 Å². The van der Waals surface area contributed by atoms with Gasteiger partial charge in [0.25, 0.3) is 0 Å². The SMILES string of the molecule is CC/C=C/C=C/C=C/C=C/C=C/C=C/CCCCCC(=O)OCC(COCCC(C(=O)O)[N+](C)(C)C)OC(=O)CCCCCCCCCCCCCCCCCCCC. The summed E-state index contributed by atoms with van der Waals surface area (Å²) in [4.78, 5) is 37.0. The third-order valence-corrected chi connectivity index (χ3v) is 10.3. The van der Waals surface area contributed by atoms with Gasteiger partial charge < -0.3 is 23.8 Å². The maximum atomic E-state index is 12.8. The highest BCUT2D eigenvalue weighted by atomic mass is 16.6. The molecule has 0 aliphatic rings. The first-order valence-corrected chi connectivity index (χ1v) is 23.6. The molecular weight excluding hydrogens is 739 g/mol. The summed E-state index contributed by atoms with van der Waals surface area (Å²) in [7, 11) is 5.51. The van der Waals surface area contributed by atoms with Crippen LogP contribution in [0, 0.1) is 0 Å². The van der Waals surface area contributed by atoms with Gasteiger partial charge in [0.15, 0.2) is 12.1 Å². The lowest BCUT2D eigenvalue weighted by Crippen LogP contribution is -2.50. The average molecular weight is 827 g/mol. The Balaban J connectivity index is 4.38. The van der Waals surface area contributed by atoms with E-state index in [0.717, 1.165) is 51.4 Å². The summed E-state index contributed by atoms with van der Waals surface area (Å²) >= 11 is 0. The maximum absolute atomic E-state index is 12.8. The minimum Gasteiger partial charge on any atom is -0.477 e. The molecule has 8 nitrogen and oxygen atoms in total. The van der Waals surface area contributed by atoms with Gasteiger partial charge in [-0.1, -0.05) is 202 Å². The van der Waals surface area contributed by atoms with Crippen molar-refractivity contribution in [3.05, 3.63) is 72.9 Å². The van der Waals surface area contributed by atoms with Gasteiger partial charge in [-0.15, -0.1) is 0 Å². The molecule has 0 fully saturated rings. The molecular formula is C51H88NO7+. The van der Waals surface area contributed by atoms with E-state index in [4.69, 9.17) is 14.2 Å². The molecule has 0 aliphatic heterocycles. The summed E-state index contributed by atoms with van der Waals surface area (Å²) in [6, 6.07) is -0.624. The minimum atomic E-state index is -0.883. The van der Waals surface area contributed by atoms with Gasteiger partial charge in [-0.25, -0.2) is 4.79 Å². The Kier molecular flexibility index (Phi) is 39.2. The van der Waals surface area contributed by atoms with E-state index in [-0.39, 0.29) is 36.2 Å². The van der Waals surface area contributed by atoms with Gasteiger partial charge in [-0.2, -0.15) is 0 Å². The van der Waals surface area contributed by atoms with Crippen molar-refractivity contribution in [1.29, 1.82) is 0 Å². The Morgan fingerprint density at radius 2 is 0.949 bits per heavy atom. The molecule has 0 saturated carbocycles. The lowest BCUT2D eigenvalue weighted by atomic mass is 10.0. The first-order valence-electron chi connectivity index (χ1n) is 23.6. The maximum Gasteiger partial charge on any atom is 0.362 e. The van der Waals surface area contributed by atoms with E-state index >= 15 is 0 Å². The summed E-state index contributed by atoms with van der Waals surface area (Å²) in [6.45, 7) is 4.55. The first kappa shape index (κ1) is 55.8. The van der Waals surface area contributed by atoms with Crippen LogP contribution in [-0.4, -0.2) is 80.6 Å². The van der Waals surface area contributed by atoms with Gasteiger partial charge in [0, 0.05) is 19.3 Å². The first-order chi connectivity index (χ1) is 28.6. The second-order valence-corrected chi connectivity index (χ2v) is 16.8. The van der Waals surface area contributed by atoms with Crippen LogP contribution in [0.5, 0.6) is 0 Å². The topological polar surface area (TPSA) is 99.1 Å². The molecule has 0 spiro atoms. The van der Waals surface area contributed by atoms with E-state index in [1.165, 1.54) is 96.3 Å².